The van der Waals surface area contributed by atoms with Crippen LogP contribution in [0.2, 0.25) is 5.02 Å². The fourth-order valence-electron chi connectivity index (χ4n) is 5.47. The summed E-state index contributed by atoms with van der Waals surface area (Å²) in [6.07, 6.45) is 0. The van der Waals surface area contributed by atoms with Gasteiger partial charge in [-0.3, -0.25) is 0 Å². The monoisotopic (exact) mass is 533 g/mol. The molecule has 5 heteroatoms. The lowest BCUT2D eigenvalue weighted by Gasteiger charge is -2.10. The molecule has 8 aromatic rings. The Morgan fingerprint density at radius 2 is 1.20 bits per heavy atom. The van der Waals surface area contributed by atoms with Crippen molar-refractivity contribution in [2.45, 2.75) is 0 Å². The van der Waals surface area contributed by atoms with E-state index in [0.717, 1.165) is 44.0 Å². The van der Waals surface area contributed by atoms with E-state index in [0.29, 0.717) is 22.5 Å². The van der Waals surface area contributed by atoms with Gasteiger partial charge in [-0.05, 0) is 51.9 Å². The lowest BCUT2D eigenvalue weighted by atomic mass is 9.99. The van der Waals surface area contributed by atoms with Crippen LogP contribution in [0.25, 0.3) is 77.6 Å². The number of nitrogens with zero attached hydrogens (tertiary/aromatic N) is 3. The maximum Gasteiger partial charge on any atom is 0.164 e. The van der Waals surface area contributed by atoms with E-state index in [-0.39, 0.29) is 0 Å². The van der Waals surface area contributed by atoms with Crippen LogP contribution in [0.3, 0.4) is 0 Å². The lowest BCUT2D eigenvalue weighted by Crippen LogP contribution is -2.00. The molecule has 0 bridgehead atoms. The van der Waals surface area contributed by atoms with E-state index in [1.54, 1.807) is 0 Å². The summed E-state index contributed by atoms with van der Waals surface area (Å²) >= 11 is 6.39. The summed E-state index contributed by atoms with van der Waals surface area (Å²) in [7, 11) is 0. The summed E-state index contributed by atoms with van der Waals surface area (Å²) < 4.78 is 6.16. The average molecular weight is 534 g/mol. The summed E-state index contributed by atoms with van der Waals surface area (Å²) in [4.78, 5) is 15.0. The standard InChI is InChI=1S/C35H20ClN3O/c36-25-17-18-30-29(20-25)32-27(11-6-12-31(32)40-30)35-38-33(23-8-2-1-3-9-23)37-34(39-35)24-16-15-22-14-13-21-7-4-5-10-26(21)28(22)19-24/h1-20H. The second-order valence-electron chi connectivity index (χ2n) is 9.82. The topological polar surface area (TPSA) is 51.8 Å². The molecule has 0 saturated heterocycles. The fraction of sp³-hybridized carbons (Fsp3) is 0. The minimum Gasteiger partial charge on any atom is -0.456 e. The molecule has 188 valence electrons. The summed E-state index contributed by atoms with van der Waals surface area (Å²) in [6, 6.07) is 40.8. The Balaban J connectivity index is 1.41. The third-order valence-corrected chi connectivity index (χ3v) is 7.61. The minimum atomic E-state index is 0.579. The van der Waals surface area contributed by atoms with E-state index in [2.05, 4.69) is 54.6 Å². The van der Waals surface area contributed by atoms with Crippen molar-refractivity contribution in [3.8, 4) is 34.2 Å². The number of hydrogen-bond donors (Lipinski definition) is 0. The maximum atomic E-state index is 6.39. The predicted octanol–water partition coefficient (Wildman–Crippen LogP) is 9.73. The van der Waals surface area contributed by atoms with Crippen LogP contribution < -0.4 is 0 Å². The molecule has 0 aliphatic heterocycles. The number of furan rings is 1. The van der Waals surface area contributed by atoms with Gasteiger partial charge in [-0.2, -0.15) is 0 Å². The highest BCUT2D eigenvalue weighted by atomic mass is 35.5. The van der Waals surface area contributed by atoms with E-state index >= 15 is 0 Å². The van der Waals surface area contributed by atoms with Crippen molar-refractivity contribution in [3.05, 3.63) is 126 Å². The van der Waals surface area contributed by atoms with Gasteiger partial charge >= 0.3 is 0 Å². The molecule has 0 N–H and O–H groups in total. The largest absolute Gasteiger partial charge is 0.456 e. The van der Waals surface area contributed by atoms with Crippen molar-refractivity contribution in [3.63, 3.8) is 0 Å². The van der Waals surface area contributed by atoms with Gasteiger partial charge in [0.25, 0.3) is 0 Å². The SMILES string of the molecule is Clc1ccc2oc3cccc(-c4nc(-c5ccccc5)nc(-c5ccc6ccc7ccccc7c6c5)n4)c3c2c1. The second-order valence-corrected chi connectivity index (χ2v) is 10.3. The van der Waals surface area contributed by atoms with E-state index in [1.807, 2.05) is 66.7 Å². The summed E-state index contributed by atoms with van der Waals surface area (Å²) in [6.45, 7) is 0. The Hall–Kier alpha value is -5.06. The predicted molar refractivity (Wildman–Crippen MR) is 163 cm³/mol. The van der Waals surface area contributed by atoms with Crippen molar-refractivity contribution in [1.29, 1.82) is 0 Å². The number of benzene rings is 6. The molecule has 0 spiro atoms. The van der Waals surface area contributed by atoms with Crippen LogP contribution >= 0.6 is 11.6 Å². The van der Waals surface area contributed by atoms with Crippen LogP contribution in [0.15, 0.2) is 126 Å². The van der Waals surface area contributed by atoms with Gasteiger partial charge in [-0.25, -0.2) is 15.0 Å². The van der Waals surface area contributed by atoms with Crippen LogP contribution in [0.1, 0.15) is 0 Å². The molecule has 2 heterocycles. The highest BCUT2D eigenvalue weighted by molar-refractivity contribution is 6.32. The van der Waals surface area contributed by atoms with Gasteiger partial charge in [0.2, 0.25) is 0 Å². The first-order chi connectivity index (χ1) is 19.7. The smallest absolute Gasteiger partial charge is 0.164 e. The lowest BCUT2D eigenvalue weighted by molar-refractivity contribution is 0.669. The number of halogens is 1. The fourth-order valence-corrected chi connectivity index (χ4v) is 5.64. The molecule has 6 aromatic carbocycles. The molecular weight excluding hydrogens is 514 g/mol. The molecule has 8 rings (SSSR count). The van der Waals surface area contributed by atoms with Gasteiger partial charge in [0.1, 0.15) is 11.2 Å². The van der Waals surface area contributed by atoms with Crippen molar-refractivity contribution in [2.75, 3.05) is 0 Å². The first-order valence-corrected chi connectivity index (χ1v) is 13.4. The van der Waals surface area contributed by atoms with Crippen molar-refractivity contribution < 1.29 is 4.42 Å². The first kappa shape index (κ1) is 22.9. The van der Waals surface area contributed by atoms with Crippen molar-refractivity contribution in [2.24, 2.45) is 0 Å². The summed E-state index contributed by atoms with van der Waals surface area (Å²) in [5.74, 6) is 1.80. The highest BCUT2D eigenvalue weighted by Gasteiger charge is 2.18. The summed E-state index contributed by atoms with van der Waals surface area (Å²) in [5.41, 5.74) is 4.24. The van der Waals surface area contributed by atoms with Crippen LogP contribution in [0.5, 0.6) is 0 Å². The molecular formula is C35H20ClN3O. The molecule has 0 unspecified atom stereocenters. The van der Waals surface area contributed by atoms with Gasteiger partial charge in [0, 0.05) is 32.5 Å². The van der Waals surface area contributed by atoms with Gasteiger partial charge in [-0.15, -0.1) is 0 Å². The van der Waals surface area contributed by atoms with Gasteiger partial charge < -0.3 is 4.42 Å². The Morgan fingerprint density at radius 3 is 2.08 bits per heavy atom. The summed E-state index contributed by atoms with van der Waals surface area (Å²) in [5, 5.41) is 7.24. The van der Waals surface area contributed by atoms with E-state index in [4.69, 9.17) is 31.0 Å². The third-order valence-electron chi connectivity index (χ3n) is 7.37. The zero-order valence-electron chi connectivity index (χ0n) is 21.2. The zero-order valence-corrected chi connectivity index (χ0v) is 21.9. The van der Waals surface area contributed by atoms with Gasteiger partial charge in [-0.1, -0.05) is 103 Å². The van der Waals surface area contributed by atoms with E-state index in [9.17, 15) is 0 Å². The first-order valence-electron chi connectivity index (χ1n) is 13.1. The number of aromatic nitrogens is 3. The molecule has 0 fully saturated rings. The molecule has 0 atom stereocenters. The number of rotatable bonds is 3. The van der Waals surface area contributed by atoms with Crippen molar-refractivity contribution >= 4 is 55.1 Å². The van der Waals surface area contributed by atoms with Crippen LogP contribution in [0.4, 0.5) is 0 Å². The van der Waals surface area contributed by atoms with Gasteiger partial charge in [0.15, 0.2) is 17.5 Å². The Kier molecular flexibility index (Phi) is 5.15. The Morgan fingerprint density at radius 1 is 0.475 bits per heavy atom. The molecule has 40 heavy (non-hydrogen) atoms. The normalized spacial score (nSPS) is 11.6. The number of fused-ring (bicyclic) bond motifs is 6. The zero-order chi connectivity index (χ0) is 26.6. The second kappa shape index (κ2) is 9.01. The quantitative estimate of drug-likeness (QED) is 0.212. The maximum absolute atomic E-state index is 6.39. The Labute approximate surface area is 234 Å². The molecule has 0 saturated carbocycles. The van der Waals surface area contributed by atoms with Crippen LogP contribution in [0, 0.1) is 0 Å². The molecule has 4 nitrogen and oxygen atoms in total. The van der Waals surface area contributed by atoms with Crippen molar-refractivity contribution in [1.82, 2.24) is 15.0 Å². The molecule has 0 aliphatic rings. The number of hydrogen-bond acceptors (Lipinski definition) is 4. The van der Waals surface area contributed by atoms with E-state index < -0.39 is 0 Å². The minimum absolute atomic E-state index is 0.579. The third kappa shape index (κ3) is 3.73. The average Bonchev–Trinajstić information content (AvgIpc) is 3.39. The van der Waals surface area contributed by atoms with E-state index in [1.165, 1.54) is 16.2 Å². The molecule has 0 amide bonds. The van der Waals surface area contributed by atoms with Gasteiger partial charge in [0.05, 0.1) is 0 Å². The molecule has 0 aliphatic carbocycles. The Bertz CT molecular complexity index is 2240. The van der Waals surface area contributed by atoms with Crippen LogP contribution in [-0.2, 0) is 0 Å². The molecule has 2 aromatic heterocycles. The highest BCUT2D eigenvalue weighted by Crippen LogP contribution is 2.38. The molecule has 0 radical (unpaired) electrons. The van der Waals surface area contributed by atoms with Crippen LogP contribution in [-0.4, -0.2) is 15.0 Å².